The number of pyridine rings is 1. The van der Waals surface area contributed by atoms with Crippen molar-refractivity contribution in [3.05, 3.63) is 53.7 Å². The number of hydrogen-bond acceptors (Lipinski definition) is 3. The van der Waals surface area contributed by atoms with E-state index in [2.05, 4.69) is 11.9 Å². The average molecular weight is 241 g/mol. The van der Waals surface area contributed by atoms with Gasteiger partial charge in [-0.1, -0.05) is 19.1 Å². The molecular formula is C15H15NO2. The quantitative estimate of drug-likeness (QED) is 0.767. The Labute approximate surface area is 106 Å². The number of aryl methyl sites for hydroxylation is 1. The summed E-state index contributed by atoms with van der Waals surface area (Å²) in [7, 11) is 0. The van der Waals surface area contributed by atoms with Gasteiger partial charge in [-0.05, 0) is 37.1 Å². The minimum absolute atomic E-state index is 0.00422. The zero-order valence-corrected chi connectivity index (χ0v) is 10.5. The Morgan fingerprint density at radius 2 is 2.11 bits per heavy atom. The van der Waals surface area contributed by atoms with Crippen LogP contribution in [0.15, 0.2) is 42.6 Å². The predicted octanol–water partition coefficient (Wildman–Crippen LogP) is 3.64. The maximum Gasteiger partial charge on any atom is 0.219 e. The number of carbonyl (C=O) groups is 1. The molecule has 0 N–H and O–H groups in total. The SMILES string of the molecule is CCc1cccc(Oc2cc(C(C)=O)ccn2)c1. The van der Waals surface area contributed by atoms with Gasteiger partial charge in [-0.15, -0.1) is 0 Å². The van der Waals surface area contributed by atoms with Crippen molar-refractivity contribution in [2.75, 3.05) is 0 Å². The molecule has 1 aromatic carbocycles. The van der Waals surface area contributed by atoms with Gasteiger partial charge in [0.1, 0.15) is 5.75 Å². The van der Waals surface area contributed by atoms with E-state index < -0.39 is 0 Å². The first kappa shape index (κ1) is 12.3. The Morgan fingerprint density at radius 1 is 1.28 bits per heavy atom. The van der Waals surface area contributed by atoms with Crippen LogP contribution in [0.3, 0.4) is 0 Å². The second-order valence-corrected chi connectivity index (χ2v) is 4.04. The van der Waals surface area contributed by atoms with Gasteiger partial charge in [0.25, 0.3) is 0 Å². The van der Waals surface area contributed by atoms with Crippen LogP contribution >= 0.6 is 0 Å². The number of benzene rings is 1. The molecule has 1 heterocycles. The van der Waals surface area contributed by atoms with Crippen molar-refractivity contribution < 1.29 is 9.53 Å². The molecule has 18 heavy (non-hydrogen) atoms. The molecule has 0 amide bonds. The molecule has 0 saturated heterocycles. The highest BCUT2D eigenvalue weighted by Crippen LogP contribution is 2.21. The zero-order chi connectivity index (χ0) is 13.0. The summed E-state index contributed by atoms with van der Waals surface area (Å²) in [4.78, 5) is 15.4. The summed E-state index contributed by atoms with van der Waals surface area (Å²) >= 11 is 0. The zero-order valence-electron chi connectivity index (χ0n) is 10.5. The maximum absolute atomic E-state index is 11.3. The summed E-state index contributed by atoms with van der Waals surface area (Å²) in [5, 5.41) is 0. The van der Waals surface area contributed by atoms with E-state index in [9.17, 15) is 4.79 Å². The van der Waals surface area contributed by atoms with Gasteiger partial charge < -0.3 is 4.74 Å². The smallest absolute Gasteiger partial charge is 0.219 e. The van der Waals surface area contributed by atoms with Gasteiger partial charge in [0, 0.05) is 17.8 Å². The average Bonchev–Trinajstić information content (AvgIpc) is 2.39. The molecule has 2 aromatic rings. The molecule has 0 saturated carbocycles. The molecule has 3 heteroatoms. The van der Waals surface area contributed by atoms with Crippen LogP contribution in [0.5, 0.6) is 11.6 Å². The van der Waals surface area contributed by atoms with Crippen LogP contribution in [0.2, 0.25) is 0 Å². The predicted molar refractivity (Wildman–Crippen MR) is 70.1 cm³/mol. The fraction of sp³-hybridized carbons (Fsp3) is 0.200. The summed E-state index contributed by atoms with van der Waals surface area (Å²) in [5.74, 6) is 1.18. The largest absolute Gasteiger partial charge is 0.439 e. The lowest BCUT2D eigenvalue weighted by molar-refractivity contribution is 0.101. The van der Waals surface area contributed by atoms with Gasteiger partial charge in [-0.25, -0.2) is 4.98 Å². The third kappa shape index (κ3) is 2.94. The fourth-order valence-corrected chi connectivity index (χ4v) is 1.63. The molecule has 92 valence electrons. The maximum atomic E-state index is 11.3. The lowest BCUT2D eigenvalue weighted by Crippen LogP contribution is -1.95. The molecule has 0 fully saturated rings. The van der Waals surface area contributed by atoms with Crippen LogP contribution in [-0.2, 0) is 6.42 Å². The molecule has 0 aliphatic heterocycles. The molecule has 1 aromatic heterocycles. The van der Waals surface area contributed by atoms with Crippen LogP contribution in [-0.4, -0.2) is 10.8 Å². The second-order valence-electron chi connectivity index (χ2n) is 4.04. The number of ether oxygens (including phenoxy) is 1. The summed E-state index contributed by atoms with van der Waals surface area (Å²) < 4.78 is 5.65. The number of Topliss-reactive ketones (excluding diaryl/α,β-unsaturated/α-hetero) is 1. The standard InChI is InChI=1S/C15H15NO2/c1-3-12-5-4-6-14(9-12)18-15-10-13(11(2)17)7-8-16-15/h4-10H,3H2,1-2H3. The highest BCUT2D eigenvalue weighted by atomic mass is 16.5. The van der Waals surface area contributed by atoms with Crippen LogP contribution in [0.1, 0.15) is 29.8 Å². The number of ketones is 1. The van der Waals surface area contributed by atoms with E-state index >= 15 is 0 Å². The van der Waals surface area contributed by atoms with Crippen LogP contribution in [0, 0.1) is 0 Å². The highest BCUT2D eigenvalue weighted by Gasteiger charge is 2.04. The van der Waals surface area contributed by atoms with E-state index in [-0.39, 0.29) is 5.78 Å². The lowest BCUT2D eigenvalue weighted by Gasteiger charge is -2.06. The topological polar surface area (TPSA) is 39.2 Å². The minimum Gasteiger partial charge on any atom is -0.439 e. The number of rotatable bonds is 4. The monoisotopic (exact) mass is 241 g/mol. The van der Waals surface area contributed by atoms with Gasteiger partial charge in [-0.3, -0.25) is 4.79 Å². The van der Waals surface area contributed by atoms with Crippen molar-refractivity contribution in [3.8, 4) is 11.6 Å². The number of hydrogen-bond donors (Lipinski definition) is 0. The molecule has 0 aliphatic carbocycles. The third-order valence-electron chi connectivity index (χ3n) is 2.67. The highest BCUT2D eigenvalue weighted by molar-refractivity contribution is 5.94. The van der Waals surface area contributed by atoms with Crippen LogP contribution < -0.4 is 4.74 Å². The number of nitrogens with zero attached hydrogens (tertiary/aromatic N) is 1. The van der Waals surface area contributed by atoms with Gasteiger partial charge in [-0.2, -0.15) is 0 Å². The first-order valence-corrected chi connectivity index (χ1v) is 5.93. The summed E-state index contributed by atoms with van der Waals surface area (Å²) in [5.41, 5.74) is 1.81. The van der Waals surface area contributed by atoms with Crippen molar-refractivity contribution in [1.82, 2.24) is 4.98 Å². The van der Waals surface area contributed by atoms with E-state index in [0.717, 1.165) is 12.2 Å². The lowest BCUT2D eigenvalue weighted by atomic mass is 10.2. The molecular weight excluding hydrogens is 226 g/mol. The van der Waals surface area contributed by atoms with E-state index in [1.165, 1.54) is 12.5 Å². The van der Waals surface area contributed by atoms with Gasteiger partial charge in [0.15, 0.2) is 5.78 Å². The number of carbonyl (C=O) groups excluding carboxylic acids is 1. The van der Waals surface area contributed by atoms with E-state index in [1.54, 1.807) is 18.3 Å². The van der Waals surface area contributed by atoms with Crippen molar-refractivity contribution in [3.63, 3.8) is 0 Å². The Balaban J connectivity index is 2.22. The van der Waals surface area contributed by atoms with Crippen LogP contribution in [0.25, 0.3) is 0 Å². The van der Waals surface area contributed by atoms with Crippen molar-refractivity contribution in [1.29, 1.82) is 0 Å². The molecule has 0 bridgehead atoms. The molecule has 2 rings (SSSR count). The first-order valence-electron chi connectivity index (χ1n) is 5.93. The molecule has 0 aliphatic rings. The molecule has 3 nitrogen and oxygen atoms in total. The summed E-state index contributed by atoms with van der Waals surface area (Å²) in [6.45, 7) is 3.62. The molecule has 0 spiro atoms. The second kappa shape index (κ2) is 5.45. The summed E-state index contributed by atoms with van der Waals surface area (Å²) in [6.07, 6.45) is 2.54. The van der Waals surface area contributed by atoms with E-state index in [4.69, 9.17) is 4.74 Å². The first-order chi connectivity index (χ1) is 8.69. The van der Waals surface area contributed by atoms with Gasteiger partial charge in [0.2, 0.25) is 5.88 Å². The minimum atomic E-state index is 0.00422. The van der Waals surface area contributed by atoms with Gasteiger partial charge >= 0.3 is 0 Å². The Morgan fingerprint density at radius 3 is 2.83 bits per heavy atom. The van der Waals surface area contributed by atoms with Crippen LogP contribution in [0.4, 0.5) is 0 Å². The molecule has 0 atom stereocenters. The van der Waals surface area contributed by atoms with Gasteiger partial charge in [0.05, 0.1) is 0 Å². The summed E-state index contributed by atoms with van der Waals surface area (Å²) in [6, 6.07) is 11.2. The molecule has 0 unspecified atom stereocenters. The van der Waals surface area contributed by atoms with E-state index in [1.807, 2.05) is 24.3 Å². The normalized spacial score (nSPS) is 10.1. The Bertz CT molecular complexity index is 564. The Kier molecular flexibility index (Phi) is 3.72. The van der Waals surface area contributed by atoms with Crippen molar-refractivity contribution in [2.24, 2.45) is 0 Å². The fourth-order valence-electron chi connectivity index (χ4n) is 1.63. The number of aromatic nitrogens is 1. The third-order valence-corrected chi connectivity index (χ3v) is 2.67. The molecule has 0 radical (unpaired) electrons. The van der Waals surface area contributed by atoms with Crippen molar-refractivity contribution in [2.45, 2.75) is 20.3 Å². The van der Waals surface area contributed by atoms with E-state index in [0.29, 0.717) is 11.4 Å². The van der Waals surface area contributed by atoms with Crippen molar-refractivity contribution >= 4 is 5.78 Å². The Hall–Kier alpha value is -2.16.